The van der Waals surface area contributed by atoms with Crippen LogP contribution in [-0.2, 0) is 14.6 Å². The molecule has 20 heavy (non-hydrogen) atoms. The van der Waals surface area contributed by atoms with E-state index in [-0.39, 0.29) is 11.7 Å². The lowest BCUT2D eigenvalue weighted by atomic mass is 9.79. The minimum atomic E-state index is -3.21. The fourth-order valence-electron chi connectivity index (χ4n) is 2.84. The van der Waals surface area contributed by atoms with Crippen LogP contribution in [0.25, 0.3) is 0 Å². The second-order valence-corrected chi connectivity index (χ2v) is 9.39. The molecule has 2 saturated heterocycles. The van der Waals surface area contributed by atoms with Gasteiger partial charge in [0.15, 0.2) is 9.84 Å². The summed E-state index contributed by atoms with van der Waals surface area (Å²) in [5, 5.41) is 2.62. The Bertz CT molecular complexity index is 458. The lowest BCUT2D eigenvalue weighted by Gasteiger charge is -2.42. The van der Waals surface area contributed by atoms with Gasteiger partial charge in [-0.1, -0.05) is 13.8 Å². The fraction of sp³-hybridized carbons (Fsp3) is 0.923. The number of carbonyl (C=O) groups is 1. The van der Waals surface area contributed by atoms with Crippen molar-refractivity contribution in [1.29, 1.82) is 0 Å². The van der Waals surface area contributed by atoms with Gasteiger partial charge >= 0.3 is 0 Å². The maximum absolute atomic E-state index is 12.9. The highest BCUT2D eigenvalue weighted by Crippen LogP contribution is 2.33. The number of rotatable bonds is 3. The molecule has 0 aliphatic carbocycles. The van der Waals surface area contributed by atoms with Crippen LogP contribution in [0.2, 0.25) is 0 Å². The molecule has 0 aromatic carbocycles. The number of thioether (sulfide) groups is 1. The van der Waals surface area contributed by atoms with E-state index in [9.17, 15) is 13.2 Å². The quantitative estimate of drug-likeness (QED) is 0.830. The van der Waals surface area contributed by atoms with Crippen LogP contribution in [-0.4, -0.2) is 61.5 Å². The summed E-state index contributed by atoms with van der Waals surface area (Å²) >= 11 is 1.63. The third kappa shape index (κ3) is 3.14. The lowest BCUT2D eigenvalue weighted by Crippen LogP contribution is -2.56. The topological polar surface area (TPSA) is 66.5 Å². The summed E-state index contributed by atoms with van der Waals surface area (Å²) in [6, 6.07) is 0. The molecule has 1 amide bonds. The highest BCUT2D eigenvalue weighted by Gasteiger charge is 2.43. The van der Waals surface area contributed by atoms with E-state index in [4.69, 9.17) is 0 Å². The molecule has 0 bridgehead atoms. The van der Waals surface area contributed by atoms with E-state index >= 15 is 0 Å². The molecular formula is C13H24N2O3S2. The Balaban J connectivity index is 2.21. The summed E-state index contributed by atoms with van der Waals surface area (Å²) in [6.07, 6.45) is 1.57. The molecule has 5 nitrogen and oxygen atoms in total. The van der Waals surface area contributed by atoms with Crippen molar-refractivity contribution < 1.29 is 13.2 Å². The zero-order valence-electron chi connectivity index (χ0n) is 12.2. The molecule has 0 saturated carbocycles. The first-order valence-electron chi connectivity index (χ1n) is 7.22. The van der Waals surface area contributed by atoms with Gasteiger partial charge in [0.1, 0.15) is 5.37 Å². The zero-order valence-corrected chi connectivity index (χ0v) is 13.9. The van der Waals surface area contributed by atoms with Crippen molar-refractivity contribution in [2.45, 2.75) is 32.1 Å². The molecule has 1 atom stereocenters. The molecule has 2 fully saturated rings. The molecule has 2 heterocycles. The predicted molar refractivity (Wildman–Crippen MR) is 82.5 cm³/mol. The summed E-state index contributed by atoms with van der Waals surface area (Å²) in [7, 11) is -3.21. The van der Waals surface area contributed by atoms with Gasteiger partial charge in [-0.2, -0.15) is 11.8 Å². The third-order valence-corrected chi connectivity index (χ3v) is 7.67. The minimum absolute atomic E-state index is 0.0290. The summed E-state index contributed by atoms with van der Waals surface area (Å²) in [4.78, 5) is 14.5. The second kappa shape index (κ2) is 6.23. The Hall–Kier alpha value is -0.270. The van der Waals surface area contributed by atoms with Crippen molar-refractivity contribution >= 4 is 27.5 Å². The van der Waals surface area contributed by atoms with E-state index in [0.717, 1.165) is 31.7 Å². The largest absolute Gasteiger partial charge is 0.324 e. The number of carbonyl (C=O) groups excluding carboxylic acids is 1. The molecular weight excluding hydrogens is 296 g/mol. The van der Waals surface area contributed by atoms with Crippen molar-refractivity contribution in [3.8, 4) is 0 Å². The highest BCUT2D eigenvalue weighted by molar-refractivity contribution is 8.01. The Labute approximate surface area is 125 Å². The Morgan fingerprint density at radius 2 is 2.05 bits per heavy atom. The van der Waals surface area contributed by atoms with Crippen LogP contribution in [0, 0.1) is 5.41 Å². The Morgan fingerprint density at radius 3 is 2.65 bits per heavy atom. The van der Waals surface area contributed by atoms with Gasteiger partial charge in [-0.3, -0.25) is 4.79 Å². The van der Waals surface area contributed by atoms with E-state index in [1.54, 1.807) is 23.6 Å². The monoisotopic (exact) mass is 320 g/mol. The summed E-state index contributed by atoms with van der Waals surface area (Å²) < 4.78 is 24.5. The van der Waals surface area contributed by atoms with Crippen molar-refractivity contribution in [1.82, 2.24) is 10.2 Å². The van der Waals surface area contributed by atoms with Crippen molar-refractivity contribution in [3.63, 3.8) is 0 Å². The molecule has 2 aliphatic heterocycles. The number of sulfone groups is 1. The van der Waals surface area contributed by atoms with Gasteiger partial charge in [0.25, 0.3) is 0 Å². The summed E-state index contributed by atoms with van der Waals surface area (Å²) in [6.45, 7) is 5.85. The number of nitrogens with zero attached hydrogens (tertiary/aromatic N) is 1. The summed E-state index contributed by atoms with van der Waals surface area (Å²) in [5.74, 6) is 1.47. The van der Waals surface area contributed by atoms with Crippen LogP contribution >= 0.6 is 11.8 Å². The molecule has 116 valence electrons. The van der Waals surface area contributed by atoms with Crippen LogP contribution in [0.3, 0.4) is 0 Å². The van der Waals surface area contributed by atoms with Crippen molar-refractivity contribution in [2.75, 3.05) is 36.9 Å². The average Bonchev–Trinajstić information content (AvgIpc) is 2.47. The van der Waals surface area contributed by atoms with Crippen LogP contribution in [0.5, 0.6) is 0 Å². The third-order valence-electron chi connectivity index (χ3n) is 4.39. The molecule has 2 aliphatic rings. The van der Waals surface area contributed by atoms with E-state index in [2.05, 4.69) is 5.32 Å². The number of hydrogen-bond acceptors (Lipinski definition) is 5. The first-order valence-corrected chi connectivity index (χ1v) is 10.1. The molecule has 7 heteroatoms. The number of hydrogen-bond donors (Lipinski definition) is 1. The van der Waals surface area contributed by atoms with Gasteiger partial charge in [-0.05, 0) is 25.9 Å². The zero-order chi connectivity index (χ0) is 14.8. The first-order chi connectivity index (χ1) is 9.41. The smallest absolute Gasteiger partial charge is 0.229 e. The van der Waals surface area contributed by atoms with Crippen LogP contribution in [0.1, 0.15) is 26.7 Å². The van der Waals surface area contributed by atoms with Crippen LogP contribution in [0.4, 0.5) is 0 Å². The van der Waals surface area contributed by atoms with Gasteiger partial charge in [0.2, 0.25) is 5.91 Å². The maximum Gasteiger partial charge on any atom is 0.229 e. The Morgan fingerprint density at radius 1 is 1.40 bits per heavy atom. The highest BCUT2D eigenvalue weighted by atomic mass is 32.2. The molecule has 1 N–H and O–H groups in total. The molecule has 0 aromatic heterocycles. The standard InChI is InChI=1S/C13H24N2O3S2/c1-3-20(17,18)11-10-19-9-8-15(11)12(16)13(2)4-6-14-7-5-13/h11,14H,3-10H2,1-2H3. The number of amides is 1. The molecule has 0 radical (unpaired) electrons. The van der Waals surface area contributed by atoms with E-state index in [1.807, 2.05) is 6.92 Å². The molecule has 1 unspecified atom stereocenters. The van der Waals surface area contributed by atoms with Gasteiger partial charge in [-0.25, -0.2) is 8.42 Å². The number of nitrogens with one attached hydrogen (secondary N) is 1. The first kappa shape index (κ1) is 16.1. The van der Waals surface area contributed by atoms with Gasteiger partial charge < -0.3 is 10.2 Å². The van der Waals surface area contributed by atoms with E-state index in [0.29, 0.717) is 12.3 Å². The van der Waals surface area contributed by atoms with Crippen molar-refractivity contribution in [3.05, 3.63) is 0 Å². The van der Waals surface area contributed by atoms with E-state index in [1.165, 1.54) is 0 Å². The average molecular weight is 320 g/mol. The van der Waals surface area contributed by atoms with Crippen LogP contribution < -0.4 is 5.32 Å². The van der Waals surface area contributed by atoms with Gasteiger partial charge in [0, 0.05) is 29.2 Å². The normalized spacial score (nSPS) is 27.3. The second-order valence-electron chi connectivity index (χ2n) is 5.79. The van der Waals surface area contributed by atoms with E-state index < -0.39 is 20.6 Å². The lowest BCUT2D eigenvalue weighted by molar-refractivity contribution is -0.143. The fourth-order valence-corrected chi connectivity index (χ4v) is 5.81. The Kier molecular flexibility index (Phi) is 5.02. The number of piperidine rings is 1. The molecule has 0 spiro atoms. The van der Waals surface area contributed by atoms with Gasteiger partial charge in [0.05, 0.1) is 0 Å². The van der Waals surface area contributed by atoms with Gasteiger partial charge in [-0.15, -0.1) is 0 Å². The SMILES string of the molecule is CCS(=O)(=O)C1CSCCN1C(=O)C1(C)CCNCC1. The minimum Gasteiger partial charge on any atom is -0.324 e. The molecule has 2 rings (SSSR count). The predicted octanol–water partition coefficient (Wildman–Crippen LogP) is 0.712. The maximum atomic E-state index is 12.9. The summed E-state index contributed by atoms with van der Waals surface area (Å²) in [5.41, 5.74) is -0.408. The van der Waals surface area contributed by atoms with Crippen molar-refractivity contribution in [2.24, 2.45) is 5.41 Å². The van der Waals surface area contributed by atoms with Crippen LogP contribution in [0.15, 0.2) is 0 Å². The molecule has 0 aromatic rings.